The second-order valence-electron chi connectivity index (χ2n) is 8.34. The number of anilines is 1. The van der Waals surface area contributed by atoms with Crippen LogP contribution in [0.4, 0.5) is 23.7 Å². The second kappa shape index (κ2) is 8.42. The molecule has 5 rings (SSSR count). The Labute approximate surface area is 187 Å². The zero-order chi connectivity index (χ0) is 23.1. The van der Waals surface area contributed by atoms with Crippen LogP contribution in [-0.2, 0) is 11.2 Å². The van der Waals surface area contributed by atoms with Crippen molar-refractivity contribution in [1.29, 1.82) is 0 Å². The third-order valence-electron chi connectivity index (χ3n) is 6.06. The molecule has 1 N–H and O–H groups in total. The minimum atomic E-state index is -0.720. The molecule has 3 aliphatic heterocycles. The molecule has 1 saturated heterocycles. The fourth-order valence-electron chi connectivity index (χ4n) is 4.43. The van der Waals surface area contributed by atoms with Gasteiger partial charge in [0.05, 0.1) is 12.6 Å². The molecule has 2 atom stereocenters. The number of aryl methyl sites for hydroxylation is 1. The van der Waals surface area contributed by atoms with E-state index in [2.05, 4.69) is 10.4 Å². The summed E-state index contributed by atoms with van der Waals surface area (Å²) in [4.78, 5) is 26.2. The Balaban J connectivity index is 1.26. The van der Waals surface area contributed by atoms with E-state index in [1.54, 1.807) is 0 Å². The number of likely N-dealkylation sites (tertiary alicyclic amines) is 1. The summed E-state index contributed by atoms with van der Waals surface area (Å²) in [5.74, 6) is -2.07. The summed E-state index contributed by atoms with van der Waals surface area (Å²) in [6.45, 7) is 0.570. The Bertz CT molecular complexity index is 1140. The first kappa shape index (κ1) is 21.3. The first-order valence-electron chi connectivity index (χ1n) is 10.7. The van der Waals surface area contributed by atoms with Gasteiger partial charge in [0.1, 0.15) is 17.7 Å². The van der Waals surface area contributed by atoms with Crippen LogP contribution in [0, 0.1) is 17.5 Å². The van der Waals surface area contributed by atoms with E-state index in [0.29, 0.717) is 43.5 Å². The lowest BCUT2D eigenvalue weighted by Crippen LogP contribution is -2.40. The van der Waals surface area contributed by atoms with Crippen LogP contribution in [0.5, 0.6) is 5.75 Å². The number of amides is 3. The number of nitrogens with zero attached hydrogens (tertiary/aromatic N) is 3. The molecule has 0 radical (unpaired) electrons. The molecule has 0 saturated carbocycles. The second-order valence-corrected chi connectivity index (χ2v) is 8.34. The molecule has 0 spiro atoms. The van der Waals surface area contributed by atoms with E-state index in [0.717, 1.165) is 11.6 Å². The fourth-order valence-corrected chi connectivity index (χ4v) is 4.43. The van der Waals surface area contributed by atoms with Gasteiger partial charge in [0.25, 0.3) is 0 Å². The van der Waals surface area contributed by atoms with E-state index < -0.39 is 35.6 Å². The van der Waals surface area contributed by atoms with Crippen molar-refractivity contribution in [2.24, 2.45) is 5.10 Å². The smallest absolute Gasteiger partial charge is 0.341 e. The maximum Gasteiger partial charge on any atom is 0.341 e. The Morgan fingerprint density at radius 1 is 1.09 bits per heavy atom. The van der Waals surface area contributed by atoms with Crippen LogP contribution in [0.25, 0.3) is 0 Å². The highest BCUT2D eigenvalue weighted by Crippen LogP contribution is 2.33. The number of hydrazone groups is 1. The minimum Gasteiger partial charge on any atom is -0.485 e. The van der Waals surface area contributed by atoms with Crippen LogP contribution in [0.3, 0.4) is 0 Å². The van der Waals surface area contributed by atoms with Crippen LogP contribution in [0.2, 0.25) is 0 Å². The highest BCUT2D eigenvalue weighted by atomic mass is 19.1. The van der Waals surface area contributed by atoms with E-state index in [9.17, 15) is 22.8 Å². The molecular formula is C23H21F3N4O3. The van der Waals surface area contributed by atoms with Crippen molar-refractivity contribution in [2.45, 2.75) is 37.8 Å². The lowest BCUT2D eigenvalue weighted by Gasteiger charge is -2.27. The molecular weight excluding hydrogens is 437 g/mol. The van der Waals surface area contributed by atoms with Gasteiger partial charge in [0.2, 0.25) is 5.91 Å². The number of halogens is 3. The molecule has 172 valence electrons. The first-order chi connectivity index (χ1) is 15.9. The summed E-state index contributed by atoms with van der Waals surface area (Å²) < 4.78 is 47.7. The number of rotatable bonds is 3. The number of hydrogen-bond donors (Lipinski definition) is 1. The van der Waals surface area contributed by atoms with Crippen molar-refractivity contribution in [1.82, 2.24) is 9.91 Å². The number of ether oxygens (including phenoxy) is 1. The number of fused-ring (bicyclic) bond motifs is 1. The topological polar surface area (TPSA) is 74.2 Å². The molecule has 0 aromatic heterocycles. The summed E-state index contributed by atoms with van der Waals surface area (Å²) in [5, 5.41) is 8.04. The predicted molar refractivity (Wildman–Crippen MR) is 113 cm³/mol. The van der Waals surface area contributed by atoms with E-state index in [4.69, 9.17) is 4.74 Å². The van der Waals surface area contributed by atoms with Gasteiger partial charge < -0.3 is 15.0 Å². The Hall–Kier alpha value is -3.56. The van der Waals surface area contributed by atoms with Crippen LogP contribution in [-0.4, -0.2) is 47.3 Å². The molecule has 7 nitrogen and oxygen atoms in total. The standard InChI is InChI=1S/C23H21F3N4O3/c24-15-7-14(8-16(25)10-15)20-3-5-27-30(20)23(32)29-6-4-17(12-29)33-21-11-19-13(9-18(21)26)1-2-22(31)28-19/h5,7-11,17,20H,1-4,6,12H2,(H,28,31)/t17-,20+/m1/s1. The Kier molecular flexibility index (Phi) is 5.43. The van der Waals surface area contributed by atoms with Gasteiger partial charge in [-0.05, 0) is 35.7 Å². The van der Waals surface area contributed by atoms with Crippen molar-refractivity contribution in [3.05, 3.63) is 58.9 Å². The zero-order valence-electron chi connectivity index (χ0n) is 17.6. The quantitative estimate of drug-likeness (QED) is 0.756. The number of urea groups is 1. The summed E-state index contributed by atoms with van der Waals surface area (Å²) in [5.41, 5.74) is 1.57. The molecule has 0 unspecified atom stereocenters. The van der Waals surface area contributed by atoms with Gasteiger partial charge >= 0.3 is 6.03 Å². The normalized spacial score (nSPS) is 21.8. The van der Waals surface area contributed by atoms with Crippen molar-refractivity contribution in [2.75, 3.05) is 18.4 Å². The highest BCUT2D eigenvalue weighted by Gasteiger charge is 2.36. The van der Waals surface area contributed by atoms with Gasteiger partial charge in [0.15, 0.2) is 11.6 Å². The average Bonchev–Trinajstić information content (AvgIpc) is 3.43. The summed E-state index contributed by atoms with van der Waals surface area (Å²) >= 11 is 0. The summed E-state index contributed by atoms with van der Waals surface area (Å²) in [7, 11) is 0. The third kappa shape index (κ3) is 4.24. The lowest BCUT2D eigenvalue weighted by molar-refractivity contribution is -0.116. The van der Waals surface area contributed by atoms with Gasteiger partial charge in [0, 0.05) is 49.8 Å². The number of benzene rings is 2. The van der Waals surface area contributed by atoms with E-state index in [-0.39, 0.29) is 18.2 Å². The van der Waals surface area contributed by atoms with Crippen molar-refractivity contribution >= 4 is 23.8 Å². The monoisotopic (exact) mass is 458 g/mol. The van der Waals surface area contributed by atoms with Crippen molar-refractivity contribution in [3.8, 4) is 5.75 Å². The van der Waals surface area contributed by atoms with E-state index >= 15 is 0 Å². The molecule has 3 heterocycles. The van der Waals surface area contributed by atoms with Gasteiger partial charge in [-0.2, -0.15) is 5.10 Å². The van der Waals surface area contributed by atoms with Crippen LogP contribution >= 0.6 is 0 Å². The van der Waals surface area contributed by atoms with Gasteiger partial charge in [-0.1, -0.05) is 0 Å². The molecule has 10 heteroatoms. The summed E-state index contributed by atoms with van der Waals surface area (Å²) in [6.07, 6.45) is 2.69. The maximum atomic E-state index is 14.5. The molecule has 3 amide bonds. The largest absolute Gasteiger partial charge is 0.485 e. The SMILES string of the molecule is O=C1CCc2cc(F)c(O[C@@H]3CCN(C(=O)N4N=CC[C@H]4c4cc(F)cc(F)c4)C3)cc2N1. The molecule has 2 aromatic carbocycles. The van der Waals surface area contributed by atoms with Crippen molar-refractivity contribution in [3.63, 3.8) is 0 Å². The molecule has 33 heavy (non-hydrogen) atoms. The van der Waals surface area contributed by atoms with Gasteiger partial charge in [-0.25, -0.2) is 23.0 Å². The molecule has 0 bridgehead atoms. The third-order valence-corrected chi connectivity index (χ3v) is 6.06. The molecule has 2 aromatic rings. The van der Waals surface area contributed by atoms with Crippen LogP contribution in [0.1, 0.15) is 36.4 Å². The minimum absolute atomic E-state index is 0.0163. The Morgan fingerprint density at radius 2 is 1.88 bits per heavy atom. The first-order valence-corrected chi connectivity index (χ1v) is 10.7. The molecule has 0 aliphatic carbocycles. The van der Waals surface area contributed by atoms with Gasteiger partial charge in [-0.3, -0.25) is 4.79 Å². The van der Waals surface area contributed by atoms with Gasteiger partial charge in [-0.15, -0.1) is 0 Å². The highest BCUT2D eigenvalue weighted by molar-refractivity contribution is 5.94. The molecule has 1 fully saturated rings. The number of hydrogen-bond acceptors (Lipinski definition) is 4. The van der Waals surface area contributed by atoms with Crippen LogP contribution < -0.4 is 10.1 Å². The predicted octanol–water partition coefficient (Wildman–Crippen LogP) is 3.99. The van der Waals surface area contributed by atoms with Crippen molar-refractivity contribution < 1.29 is 27.5 Å². The fraction of sp³-hybridized carbons (Fsp3) is 0.348. The number of nitrogens with one attached hydrogen (secondary N) is 1. The maximum absolute atomic E-state index is 14.5. The van der Waals surface area contributed by atoms with E-state index in [1.165, 1.54) is 40.4 Å². The molecule has 3 aliphatic rings. The number of carbonyl (C=O) groups is 2. The average molecular weight is 458 g/mol. The van der Waals surface area contributed by atoms with Crippen LogP contribution in [0.15, 0.2) is 35.4 Å². The lowest BCUT2D eigenvalue weighted by atomic mass is 10.0. The summed E-state index contributed by atoms with van der Waals surface area (Å²) in [6, 6.07) is 4.98. The van der Waals surface area contributed by atoms with E-state index in [1.807, 2.05) is 0 Å². The zero-order valence-corrected chi connectivity index (χ0v) is 17.6. The number of carbonyl (C=O) groups excluding carboxylic acids is 2. The Morgan fingerprint density at radius 3 is 2.67 bits per heavy atom.